The number of aliphatic imine (C=N–C) groups is 1. The molecule has 0 radical (unpaired) electrons. The highest BCUT2D eigenvalue weighted by molar-refractivity contribution is 6.11. The molecule has 4 N–H and O–H groups in total. The molecule has 1 aliphatic heterocycles. The van der Waals surface area contributed by atoms with E-state index in [-0.39, 0.29) is 23.6 Å². The fourth-order valence-electron chi connectivity index (χ4n) is 6.85. The van der Waals surface area contributed by atoms with E-state index >= 15 is 4.39 Å². The molecule has 2 aromatic carbocycles. The van der Waals surface area contributed by atoms with Crippen molar-refractivity contribution in [2.24, 2.45) is 22.7 Å². The van der Waals surface area contributed by atoms with E-state index in [2.05, 4.69) is 25.6 Å². The van der Waals surface area contributed by atoms with Crippen molar-refractivity contribution in [3.63, 3.8) is 0 Å². The number of H-pyrrole nitrogens is 1. The molecule has 9 heteroatoms. The van der Waals surface area contributed by atoms with Gasteiger partial charge in [0.25, 0.3) is 0 Å². The van der Waals surface area contributed by atoms with Crippen LogP contribution in [0.2, 0.25) is 0 Å². The smallest absolute Gasteiger partial charge is 0.308 e. The summed E-state index contributed by atoms with van der Waals surface area (Å²) in [6.45, 7) is 0. The summed E-state index contributed by atoms with van der Waals surface area (Å²) in [6.07, 6.45) is 5.41. The van der Waals surface area contributed by atoms with Crippen LogP contribution in [0.3, 0.4) is 0 Å². The molecular formula is C32H29F2N5O2. The highest BCUT2D eigenvalue weighted by atomic mass is 19.1. The van der Waals surface area contributed by atoms with Crippen molar-refractivity contribution >= 4 is 28.5 Å². The van der Waals surface area contributed by atoms with Crippen molar-refractivity contribution < 1.29 is 18.7 Å². The number of aromatic nitrogens is 2. The Labute approximate surface area is 235 Å². The van der Waals surface area contributed by atoms with Crippen LogP contribution < -0.4 is 10.6 Å². The van der Waals surface area contributed by atoms with Crippen LogP contribution in [-0.2, 0) is 4.79 Å². The van der Waals surface area contributed by atoms with Gasteiger partial charge in [-0.3, -0.25) is 10.1 Å². The normalized spacial score (nSPS) is 25.7. The Kier molecular flexibility index (Phi) is 6.38. The summed E-state index contributed by atoms with van der Waals surface area (Å²) in [5, 5.41) is 17.1. The number of rotatable bonds is 6. The van der Waals surface area contributed by atoms with Crippen molar-refractivity contribution in [3.8, 4) is 11.1 Å². The third kappa shape index (κ3) is 4.60. The van der Waals surface area contributed by atoms with Crippen molar-refractivity contribution in [2.75, 3.05) is 0 Å². The number of benzene rings is 2. The first-order valence-electron chi connectivity index (χ1n) is 14.0. The van der Waals surface area contributed by atoms with Crippen molar-refractivity contribution in [1.82, 2.24) is 20.6 Å². The fraction of sp³-hybridized carbons (Fsp3) is 0.281. The maximum Gasteiger partial charge on any atom is 0.308 e. The number of halogens is 2. The third-order valence-corrected chi connectivity index (χ3v) is 8.87. The molecule has 4 aliphatic rings. The number of carbonyl (C=O) groups is 1. The van der Waals surface area contributed by atoms with Crippen LogP contribution in [0.25, 0.3) is 27.9 Å². The number of nitrogens with zero attached hydrogens (tertiary/aromatic N) is 2. The molecule has 2 aromatic heterocycles. The van der Waals surface area contributed by atoms with Gasteiger partial charge < -0.3 is 15.4 Å². The molecule has 41 heavy (non-hydrogen) atoms. The monoisotopic (exact) mass is 553 g/mol. The summed E-state index contributed by atoms with van der Waals surface area (Å²) in [5.74, 6) is -1.87. The molecular weight excluding hydrogens is 524 g/mol. The van der Waals surface area contributed by atoms with E-state index in [0.717, 1.165) is 43.0 Å². The number of aromatic amines is 1. The summed E-state index contributed by atoms with van der Waals surface area (Å²) in [6, 6.07) is 18.4. The first kappa shape index (κ1) is 25.6. The van der Waals surface area contributed by atoms with Gasteiger partial charge in [-0.15, -0.1) is 0 Å². The SMILES string of the molecule is O=C(O)C1C2CCC(CC2)C1NC1NC(c2c[nH]c3ncc(F)cc23)=NC(c2ccc(-c3ccccc3)cc2)=C1F. The molecule has 0 amide bonds. The predicted molar refractivity (Wildman–Crippen MR) is 153 cm³/mol. The molecule has 3 unspecified atom stereocenters. The Morgan fingerprint density at radius 2 is 1.61 bits per heavy atom. The zero-order chi connectivity index (χ0) is 28.1. The molecule has 4 aromatic rings. The number of hydrogen-bond donors (Lipinski definition) is 4. The van der Waals surface area contributed by atoms with Gasteiger partial charge in [0.1, 0.15) is 29.2 Å². The van der Waals surface area contributed by atoms with Gasteiger partial charge in [-0.25, -0.2) is 18.8 Å². The van der Waals surface area contributed by atoms with Crippen LogP contribution in [0.1, 0.15) is 36.8 Å². The largest absolute Gasteiger partial charge is 0.481 e. The highest BCUT2D eigenvalue weighted by Crippen LogP contribution is 2.46. The lowest BCUT2D eigenvalue weighted by atomic mass is 9.61. The minimum absolute atomic E-state index is 0.0754. The molecule has 2 bridgehead atoms. The fourth-order valence-corrected chi connectivity index (χ4v) is 6.85. The van der Waals surface area contributed by atoms with Crippen LogP contribution in [0.15, 0.2) is 83.9 Å². The van der Waals surface area contributed by atoms with Crippen molar-refractivity contribution in [1.29, 1.82) is 0 Å². The summed E-state index contributed by atoms with van der Waals surface area (Å²) < 4.78 is 30.5. The van der Waals surface area contributed by atoms with Crippen LogP contribution in [0.5, 0.6) is 0 Å². The number of carboxylic acid groups (broad SMARTS) is 1. The van der Waals surface area contributed by atoms with E-state index in [1.165, 1.54) is 6.07 Å². The van der Waals surface area contributed by atoms with Gasteiger partial charge in [-0.1, -0.05) is 54.6 Å². The number of carboxylic acids is 1. The number of amidine groups is 1. The number of fused-ring (bicyclic) bond motifs is 4. The van der Waals surface area contributed by atoms with Crippen molar-refractivity contribution in [3.05, 3.63) is 95.8 Å². The Hall–Kier alpha value is -4.37. The second-order valence-electron chi connectivity index (χ2n) is 11.2. The van der Waals surface area contributed by atoms with Crippen LogP contribution >= 0.6 is 0 Å². The Balaban J connectivity index is 1.29. The summed E-state index contributed by atoms with van der Waals surface area (Å²) in [4.78, 5) is 24.1. The van der Waals surface area contributed by atoms with Gasteiger partial charge in [0, 0.05) is 28.8 Å². The number of pyridine rings is 1. The molecule has 0 spiro atoms. The lowest BCUT2D eigenvalue weighted by Gasteiger charge is -2.48. The molecule has 7 nitrogen and oxygen atoms in total. The molecule has 8 rings (SSSR count). The quantitative estimate of drug-likeness (QED) is 0.240. The topological polar surface area (TPSA) is 102 Å². The maximum atomic E-state index is 16.4. The Bertz CT molecular complexity index is 1670. The first-order valence-corrected chi connectivity index (χ1v) is 14.0. The Morgan fingerprint density at radius 1 is 0.927 bits per heavy atom. The third-order valence-electron chi connectivity index (χ3n) is 8.87. The van der Waals surface area contributed by atoms with Crippen molar-refractivity contribution in [2.45, 2.75) is 37.9 Å². The average Bonchev–Trinajstić information content (AvgIpc) is 3.42. The van der Waals surface area contributed by atoms with E-state index in [1.807, 2.05) is 54.6 Å². The summed E-state index contributed by atoms with van der Waals surface area (Å²) in [5.41, 5.74) is 3.78. The zero-order valence-corrected chi connectivity index (χ0v) is 22.1. The number of hydrogen-bond acceptors (Lipinski definition) is 5. The molecule has 208 valence electrons. The lowest BCUT2D eigenvalue weighted by molar-refractivity contribution is -0.150. The van der Waals surface area contributed by atoms with E-state index < -0.39 is 29.7 Å². The van der Waals surface area contributed by atoms with Crippen LogP contribution in [-0.4, -0.2) is 39.1 Å². The average molecular weight is 554 g/mol. The molecule has 0 saturated heterocycles. The van der Waals surface area contributed by atoms with E-state index in [0.29, 0.717) is 28.0 Å². The minimum atomic E-state index is -1.01. The number of nitrogens with one attached hydrogen (secondary N) is 3. The second-order valence-corrected chi connectivity index (χ2v) is 11.2. The summed E-state index contributed by atoms with van der Waals surface area (Å²) in [7, 11) is 0. The number of aliphatic carboxylic acids is 1. The van der Waals surface area contributed by atoms with E-state index in [1.54, 1.807) is 6.20 Å². The standard InChI is InChI=1S/C32H29F2N5O2/c33-22-14-23-24(16-36-29(23)35-15-22)30-38-28(21-10-6-18(7-11-21)17-4-2-1-3-5-17)26(34)31(39-30)37-27-20-12-8-19(9-13-20)25(27)32(40)41/h1-7,10-11,14-16,19-20,25,27,31,37H,8-9,12-13H2,(H,35,36)(H,38,39)(H,40,41). The van der Waals surface area contributed by atoms with Crippen LogP contribution in [0, 0.1) is 23.6 Å². The van der Waals surface area contributed by atoms with Gasteiger partial charge in [-0.2, -0.15) is 0 Å². The van der Waals surface area contributed by atoms with Gasteiger partial charge in [-0.05, 0) is 54.7 Å². The molecule has 3 atom stereocenters. The summed E-state index contributed by atoms with van der Waals surface area (Å²) >= 11 is 0. The molecule has 3 saturated carbocycles. The Morgan fingerprint density at radius 3 is 2.34 bits per heavy atom. The van der Waals surface area contributed by atoms with Gasteiger partial charge in [0.05, 0.1) is 12.1 Å². The van der Waals surface area contributed by atoms with Gasteiger partial charge in [0.2, 0.25) is 0 Å². The molecule has 3 heterocycles. The lowest BCUT2D eigenvalue weighted by Crippen LogP contribution is -2.61. The maximum absolute atomic E-state index is 16.4. The first-order chi connectivity index (χ1) is 20.0. The minimum Gasteiger partial charge on any atom is -0.481 e. The molecule has 3 fully saturated rings. The zero-order valence-electron chi connectivity index (χ0n) is 22.1. The highest BCUT2D eigenvalue weighted by Gasteiger charge is 2.48. The van der Waals surface area contributed by atoms with Crippen LogP contribution in [0.4, 0.5) is 8.78 Å². The van der Waals surface area contributed by atoms with Gasteiger partial charge >= 0.3 is 5.97 Å². The van der Waals surface area contributed by atoms with Gasteiger partial charge in [0.15, 0.2) is 5.83 Å². The predicted octanol–water partition coefficient (Wildman–Crippen LogP) is 5.86. The molecule has 3 aliphatic carbocycles. The van der Waals surface area contributed by atoms with E-state index in [4.69, 9.17) is 0 Å². The second kappa shape index (κ2) is 10.2. The van der Waals surface area contributed by atoms with E-state index in [9.17, 15) is 14.3 Å².